The molecule has 0 aromatic rings. The van der Waals surface area contributed by atoms with Crippen LogP contribution < -0.4 is 94.2 Å². The first kappa shape index (κ1) is 571. The molecule has 23 heavy (non-hydrogen) atoms. The maximum atomic E-state index is 0. The molecular weight excluding hydrogens is 697 g/mol. The van der Waals surface area contributed by atoms with E-state index in [4.69, 9.17) is 0 Å². The molecule has 120 valence electrons. The van der Waals surface area contributed by atoms with E-state index in [9.17, 15) is 0 Å². The van der Waals surface area contributed by atoms with Crippen molar-refractivity contribution in [2.24, 2.45) is 0 Å². The van der Waals surface area contributed by atoms with Gasteiger partial charge in [-0.3, -0.25) is 0 Å². The Balaban J connectivity index is 0. The van der Waals surface area contributed by atoms with Gasteiger partial charge in [0, 0.05) is 0 Å². The molecule has 0 aromatic carbocycles. The fourth-order valence-electron chi connectivity index (χ4n) is 0. The van der Waals surface area contributed by atoms with Crippen molar-refractivity contribution in [3.05, 3.63) is 0 Å². The topological polar surface area (TPSA) is 85.5 Å². The van der Waals surface area contributed by atoms with Crippen LogP contribution in [-0.2, 0) is 81.8 Å². The third-order valence-corrected chi connectivity index (χ3v) is 0. The average Bonchev–Trinajstić information content (AvgIpc) is 0. The van der Waals surface area contributed by atoms with Crippen LogP contribution in [0.1, 0.15) is 0 Å². The van der Waals surface area contributed by atoms with E-state index >= 15 is 0 Å². The Kier molecular flexibility index (Phi) is 12700. The third kappa shape index (κ3) is 477. The Morgan fingerprint density at radius 1 is 0.261 bits per heavy atom. The van der Waals surface area contributed by atoms with Gasteiger partial charge in [0.25, 0.3) is 0 Å². The van der Waals surface area contributed by atoms with E-state index in [1.165, 1.54) is 0 Å². The first-order chi connectivity index (χ1) is 0. The Hall–Kier alpha value is 6.47. The van der Waals surface area contributed by atoms with Gasteiger partial charge in [-0.25, -0.2) is 0 Å². The van der Waals surface area contributed by atoms with Crippen LogP contribution in [-0.4, -0.2) is 126 Å². The predicted octanol–water partition coefficient (Wildman–Crippen LogP) is -43.8. The normalized spacial score (nSPS) is 0. The van der Waals surface area contributed by atoms with Crippen molar-refractivity contribution < 1.29 is 176 Å². The van der Waals surface area contributed by atoms with Gasteiger partial charge < -0.3 is 72.9 Å². The summed E-state index contributed by atoms with van der Waals surface area (Å²) in [4.78, 5) is 0. The molecule has 0 radical (unpaired) electrons. The average molecular weight is 697 g/mol. The number of hydrogen-bond acceptors (Lipinski definition) is 0. The van der Waals surface area contributed by atoms with E-state index in [1.807, 2.05) is 0 Å². The van der Waals surface area contributed by atoms with Crippen LogP contribution in [0.25, 0.3) is 0 Å². The Labute approximate surface area is 294 Å². The molecule has 3 nitrogen and oxygen atoms in total. The molecule has 0 saturated heterocycles. The summed E-state index contributed by atoms with van der Waals surface area (Å²) in [5.74, 6) is 0. The van der Waals surface area contributed by atoms with Crippen LogP contribution in [0.15, 0.2) is 0 Å². The number of rotatable bonds is 0. The maximum Gasteiger partial charge on any atom is 3.00 e. The fourth-order valence-corrected chi connectivity index (χ4v) is 0. The second kappa shape index (κ2) is 513. The van der Waals surface area contributed by atoms with Gasteiger partial charge in [0.15, 0.2) is 0 Å². The molecular formula is Al2F12Li2O3Sr2Y2. The van der Waals surface area contributed by atoms with Gasteiger partial charge in [0.2, 0.25) is 0 Å². The van der Waals surface area contributed by atoms with Crippen LogP contribution in [0, 0.1) is 0 Å². The van der Waals surface area contributed by atoms with Gasteiger partial charge in [0.05, 0.1) is 0 Å². The molecule has 0 N–H and O–H groups in total. The van der Waals surface area contributed by atoms with Gasteiger partial charge in [-0.05, 0) is 0 Å². The quantitative estimate of drug-likeness (QED) is 0.178. The van der Waals surface area contributed by atoms with Crippen molar-refractivity contribution in [2.45, 2.75) is 0 Å². The zero-order valence-corrected chi connectivity index (χ0v) is 26.4. The molecule has 0 aliphatic carbocycles. The zero-order chi connectivity index (χ0) is 0. The summed E-state index contributed by atoms with van der Waals surface area (Å²) in [6.07, 6.45) is 0. The molecule has 0 aliphatic rings. The van der Waals surface area contributed by atoms with Crippen LogP contribution in [0.3, 0.4) is 0 Å². The maximum absolute atomic E-state index is 0. The Bertz CT molecular complexity index is 48.3. The summed E-state index contributed by atoms with van der Waals surface area (Å²) in [7, 11) is 0. The van der Waals surface area contributed by atoms with Crippen molar-refractivity contribution in [3.63, 3.8) is 0 Å². The van der Waals surface area contributed by atoms with Crippen LogP contribution in [0.4, 0.5) is 0 Å². The summed E-state index contributed by atoms with van der Waals surface area (Å²) in [6.45, 7) is 0. The molecule has 0 unspecified atom stereocenters. The van der Waals surface area contributed by atoms with E-state index < -0.39 is 0 Å². The van der Waals surface area contributed by atoms with Gasteiger partial charge in [0.1, 0.15) is 0 Å². The first-order valence-corrected chi connectivity index (χ1v) is 0. The van der Waals surface area contributed by atoms with E-state index in [-0.39, 0.29) is 302 Å². The Morgan fingerprint density at radius 3 is 0.261 bits per heavy atom. The second-order valence-electron chi connectivity index (χ2n) is 0. The summed E-state index contributed by atoms with van der Waals surface area (Å²) in [5.41, 5.74) is 0. The third-order valence-electron chi connectivity index (χ3n) is 0. The van der Waals surface area contributed by atoms with E-state index in [1.54, 1.807) is 0 Å². The standard InChI is InChI=1S/2Al.12FH.2Li.3O.2Sr.2Y/h;;12*1H;;;;;;;;;/q2*+3;;;;;;;;;;;;;2*+1;3*-2;2*+2;2*+3/p-12. The summed E-state index contributed by atoms with van der Waals surface area (Å²) in [6, 6.07) is 0. The van der Waals surface area contributed by atoms with E-state index in [0.717, 1.165) is 0 Å². The fraction of sp³-hybridized carbons (Fsp3) is 0. The first-order valence-electron chi connectivity index (χ1n) is 0. The molecule has 0 saturated carbocycles. The minimum Gasteiger partial charge on any atom is -2.00 e. The molecule has 0 bridgehead atoms. The minimum atomic E-state index is 0. The van der Waals surface area contributed by atoms with Crippen molar-refractivity contribution in [1.82, 2.24) is 0 Å². The van der Waals surface area contributed by atoms with E-state index in [0.29, 0.717) is 0 Å². The molecule has 0 atom stereocenters. The zero-order valence-electron chi connectivity index (χ0n) is 11.5. The van der Waals surface area contributed by atoms with Gasteiger partial charge >= 0.3 is 229 Å². The molecule has 0 rings (SSSR count). The van der Waals surface area contributed by atoms with Crippen molar-refractivity contribution in [2.75, 3.05) is 0 Å². The molecule has 23 heteroatoms. The van der Waals surface area contributed by atoms with Gasteiger partial charge in [-0.2, -0.15) is 0 Å². The molecule has 0 aromatic heterocycles. The molecule has 0 spiro atoms. The Morgan fingerprint density at radius 2 is 0.261 bits per heavy atom. The van der Waals surface area contributed by atoms with Crippen molar-refractivity contribution >= 4 is 126 Å². The molecule has 0 fully saturated rings. The number of hydrogen-bond donors (Lipinski definition) is 0. The largest absolute Gasteiger partial charge is 3.00 e. The molecule has 0 heterocycles. The van der Waals surface area contributed by atoms with Crippen LogP contribution in [0.5, 0.6) is 0 Å². The van der Waals surface area contributed by atoms with Gasteiger partial charge in [-0.1, -0.05) is 0 Å². The van der Waals surface area contributed by atoms with Crippen molar-refractivity contribution in [3.8, 4) is 0 Å². The second-order valence-corrected chi connectivity index (χ2v) is 0. The van der Waals surface area contributed by atoms with Gasteiger partial charge in [-0.15, -0.1) is 0 Å². The number of halogens is 12. The minimum absolute atomic E-state index is 0. The molecule has 0 aliphatic heterocycles. The van der Waals surface area contributed by atoms with Crippen LogP contribution >= 0.6 is 0 Å². The summed E-state index contributed by atoms with van der Waals surface area (Å²) >= 11 is 0. The molecule has 0 amide bonds. The summed E-state index contributed by atoms with van der Waals surface area (Å²) in [5, 5.41) is 0. The van der Waals surface area contributed by atoms with Crippen molar-refractivity contribution in [1.29, 1.82) is 0 Å². The van der Waals surface area contributed by atoms with E-state index in [2.05, 4.69) is 0 Å². The summed E-state index contributed by atoms with van der Waals surface area (Å²) < 4.78 is 0. The monoisotopic (exact) mass is 698 g/mol. The SMILES string of the molecule is [Al+3].[Al+3].[F-].[F-].[F-].[F-].[F-].[F-].[F-].[F-].[F-].[F-].[F-].[F-].[Li+].[Li+].[O-2].[O-2].[O-2].[Sr+2].[Sr+2].[Y+3].[Y+3]. The smallest absolute Gasteiger partial charge is 2.00 e. The van der Waals surface area contributed by atoms with Crippen LogP contribution in [0.2, 0.25) is 0 Å². The predicted molar refractivity (Wildman–Crippen MR) is 25.1 cm³/mol.